The number of carboxylic acid groups (broad SMARTS) is 1. The molecular weight excluding hydrogens is 444 g/mol. The molecule has 0 aromatic heterocycles. The Morgan fingerprint density at radius 3 is 2.43 bits per heavy atom. The van der Waals surface area contributed by atoms with E-state index in [1.165, 1.54) is 0 Å². The summed E-state index contributed by atoms with van der Waals surface area (Å²) < 4.78 is 0. The highest BCUT2D eigenvalue weighted by Crippen LogP contribution is 2.65. The molecule has 4 unspecified atom stereocenters. The Bertz CT molecular complexity index is 980. The number of aliphatic carboxylic acids is 1. The zero-order chi connectivity index (χ0) is 26.0. The predicted octanol–water partition coefficient (Wildman–Crippen LogP) is 4.34. The second-order valence-corrected chi connectivity index (χ2v) is 12.5. The van der Waals surface area contributed by atoms with Gasteiger partial charge in [-0.2, -0.15) is 0 Å². The SMILES string of the molecule is C=C(CC[C@@H](C)C1CCC2C3=C(C(=O)[C@H](O)[C@@]21C)[C@@]1(C)CC[C@H](O)[C@@H](C)C1CC3=O)C(C)C(=O)O. The summed E-state index contributed by atoms with van der Waals surface area (Å²) in [5.74, 6) is -1.84. The van der Waals surface area contributed by atoms with E-state index in [1.54, 1.807) is 6.92 Å². The maximum atomic E-state index is 13.9. The lowest BCUT2D eigenvalue weighted by atomic mass is 9.47. The van der Waals surface area contributed by atoms with E-state index in [2.05, 4.69) is 20.4 Å². The van der Waals surface area contributed by atoms with E-state index < -0.39 is 34.9 Å². The summed E-state index contributed by atoms with van der Waals surface area (Å²) in [6.45, 7) is 13.8. The fourth-order valence-corrected chi connectivity index (χ4v) is 8.40. The molecule has 0 saturated heterocycles. The smallest absolute Gasteiger partial charge is 0.310 e. The van der Waals surface area contributed by atoms with Crippen LogP contribution in [0.3, 0.4) is 0 Å². The second kappa shape index (κ2) is 8.95. The summed E-state index contributed by atoms with van der Waals surface area (Å²) in [5.41, 5.74) is 0.709. The highest BCUT2D eigenvalue weighted by molar-refractivity contribution is 6.12. The van der Waals surface area contributed by atoms with E-state index in [0.717, 1.165) is 19.3 Å². The van der Waals surface area contributed by atoms with Crippen LogP contribution in [-0.4, -0.2) is 45.1 Å². The first-order chi connectivity index (χ1) is 16.3. The standard InChI is InChI=1S/C29H42O6/c1-14(16(3)27(34)35)7-8-15(2)18-9-10-19-23-22(31)13-20-17(4)21(30)11-12-28(20,5)24(23)25(32)26(33)29(18,19)6/h15-21,26,30,33H,1,7-13H2,2-6H3,(H,34,35)/t15-,16?,17+,18?,19?,20?,21+,26+,28+,29-/m1/s1. The van der Waals surface area contributed by atoms with Gasteiger partial charge in [0, 0.05) is 28.4 Å². The predicted molar refractivity (Wildman–Crippen MR) is 132 cm³/mol. The second-order valence-electron chi connectivity index (χ2n) is 12.5. The highest BCUT2D eigenvalue weighted by Gasteiger charge is 2.65. The van der Waals surface area contributed by atoms with E-state index in [4.69, 9.17) is 0 Å². The molecule has 194 valence electrons. The maximum absolute atomic E-state index is 13.9. The molecule has 4 aliphatic carbocycles. The van der Waals surface area contributed by atoms with Gasteiger partial charge < -0.3 is 15.3 Å². The van der Waals surface area contributed by atoms with Crippen molar-refractivity contribution in [2.45, 2.75) is 91.8 Å². The molecule has 0 radical (unpaired) electrons. The lowest BCUT2D eigenvalue weighted by Gasteiger charge is -2.56. The van der Waals surface area contributed by atoms with Crippen molar-refractivity contribution in [3.05, 3.63) is 23.3 Å². The van der Waals surface area contributed by atoms with Crippen LogP contribution in [0, 0.1) is 46.3 Å². The Kier molecular flexibility index (Phi) is 6.72. The largest absolute Gasteiger partial charge is 0.481 e. The quantitative estimate of drug-likeness (QED) is 0.482. The van der Waals surface area contributed by atoms with Crippen molar-refractivity contribution in [1.29, 1.82) is 0 Å². The lowest BCUT2D eigenvalue weighted by molar-refractivity contribution is -0.145. The molecular formula is C29H42O6. The molecule has 10 atom stereocenters. The third-order valence-corrected chi connectivity index (χ3v) is 10.9. The molecule has 0 aromatic rings. The number of fused-ring (bicyclic) bond motifs is 4. The zero-order valence-electron chi connectivity index (χ0n) is 21.8. The van der Waals surface area contributed by atoms with Gasteiger partial charge >= 0.3 is 5.97 Å². The molecule has 35 heavy (non-hydrogen) atoms. The first-order valence-corrected chi connectivity index (χ1v) is 13.3. The van der Waals surface area contributed by atoms with Crippen molar-refractivity contribution >= 4 is 17.5 Å². The molecule has 6 nitrogen and oxygen atoms in total. The number of carbonyl (C=O) groups excluding carboxylic acids is 2. The van der Waals surface area contributed by atoms with Crippen molar-refractivity contribution in [3.63, 3.8) is 0 Å². The minimum atomic E-state index is -1.16. The number of allylic oxidation sites excluding steroid dienone is 1. The average Bonchev–Trinajstić information content (AvgIpc) is 3.16. The summed E-state index contributed by atoms with van der Waals surface area (Å²) in [6.07, 6.45) is 2.90. The first-order valence-electron chi connectivity index (χ1n) is 13.3. The number of aliphatic hydroxyl groups is 2. The van der Waals surface area contributed by atoms with Gasteiger partial charge in [0.1, 0.15) is 6.10 Å². The van der Waals surface area contributed by atoms with Crippen LogP contribution in [0.5, 0.6) is 0 Å². The van der Waals surface area contributed by atoms with Gasteiger partial charge in [0.05, 0.1) is 12.0 Å². The van der Waals surface area contributed by atoms with Crippen LogP contribution in [0.15, 0.2) is 23.3 Å². The number of aliphatic hydroxyl groups excluding tert-OH is 2. The van der Waals surface area contributed by atoms with Gasteiger partial charge in [-0.1, -0.05) is 39.8 Å². The molecule has 4 rings (SSSR count). The molecule has 4 aliphatic rings. The molecule has 3 N–H and O–H groups in total. The molecule has 0 heterocycles. The Morgan fingerprint density at radius 1 is 1.14 bits per heavy atom. The molecule has 0 aromatic carbocycles. The van der Waals surface area contributed by atoms with Crippen molar-refractivity contribution in [3.8, 4) is 0 Å². The van der Waals surface area contributed by atoms with Gasteiger partial charge in [-0.15, -0.1) is 0 Å². The fraction of sp³-hybridized carbons (Fsp3) is 0.759. The molecule has 6 heteroatoms. The van der Waals surface area contributed by atoms with Crippen molar-refractivity contribution in [2.75, 3.05) is 0 Å². The third kappa shape index (κ3) is 3.78. The van der Waals surface area contributed by atoms with Gasteiger partial charge in [0.2, 0.25) is 0 Å². The van der Waals surface area contributed by atoms with Gasteiger partial charge in [-0.3, -0.25) is 14.4 Å². The van der Waals surface area contributed by atoms with Gasteiger partial charge in [-0.05, 0) is 75.0 Å². The maximum Gasteiger partial charge on any atom is 0.310 e. The normalized spacial score (nSPS) is 42.7. The number of Topliss-reactive ketones (excluding diaryl/α,β-unsaturated/α-hetero) is 2. The minimum Gasteiger partial charge on any atom is -0.481 e. The summed E-state index contributed by atoms with van der Waals surface area (Å²) in [7, 11) is 0. The summed E-state index contributed by atoms with van der Waals surface area (Å²) in [4.78, 5) is 38.8. The van der Waals surface area contributed by atoms with E-state index >= 15 is 0 Å². The molecule has 0 bridgehead atoms. The summed E-state index contributed by atoms with van der Waals surface area (Å²) in [5, 5.41) is 31.3. The van der Waals surface area contributed by atoms with Gasteiger partial charge in [0.15, 0.2) is 11.6 Å². The average molecular weight is 487 g/mol. The molecule has 0 amide bonds. The lowest BCUT2D eigenvalue weighted by Crippen LogP contribution is -2.58. The Morgan fingerprint density at radius 2 is 1.80 bits per heavy atom. The number of hydrogen-bond donors (Lipinski definition) is 3. The monoisotopic (exact) mass is 486 g/mol. The van der Waals surface area contributed by atoms with E-state index in [0.29, 0.717) is 42.4 Å². The zero-order valence-corrected chi connectivity index (χ0v) is 21.8. The topological polar surface area (TPSA) is 112 Å². The highest BCUT2D eigenvalue weighted by atomic mass is 16.4. The number of carboxylic acids is 1. The Hall–Kier alpha value is -1.79. The van der Waals surface area contributed by atoms with Gasteiger partial charge in [-0.25, -0.2) is 0 Å². The first kappa shape index (κ1) is 26.3. The van der Waals surface area contributed by atoms with Crippen molar-refractivity contribution < 1.29 is 29.7 Å². The number of hydrogen-bond acceptors (Lipinski definition) is 5. The van der Waals surface area contributed by atoms with E-state index in [1.807, 2.05) is 13.8 Å². The number of ketones is 2. The molecule has 0 aliphatic heterocycles. The number of carbonyl (C=O) groups is 3. The molecule has 0 spiro atoms. The van der Waals surface area contributed by atoms with Crippen LogP contribution in [0.4, 0.5) is 0 Å². The van der Waals surface area contributed by atoms with E-state index in [9.17, 15) is 29.7 Å². The Balaban J connectivity index is 1.66. The van der Waals surface area contributed by atoms with E-state index in [-0.39, 0.29) is 41.2 Å². The molecule has 2 fully saturated rings. The molecule has 2 saturated carbocycles. The number of rotatable bonds is 6. The van der Waals surface area contributed by atoms with Crippen molar-refractivity contribution in [1.82, 2.24) is 0 Å². The van der Waals surface area contributed by atoms with Crippen LogP contribution < -0.4 is 0 Å². The van der Waals surface area contributed by atoms with Gasteiger partial charge in [0.25, 0.3) is 0 Å². The summed E-state index contributed by atoms with van der Waals surface area (Å²) >= 11 is 0. The summed E-state index contributed by atoms with van der Waals surface area (Å²) in [6, 6.07) is 0. The van der Waals surface area contributed by atoms with Crippen LogP contribution in [0.2, 0.25) is 0 Å². The van der Waals surface area contributed by atoms with Crippen LogP contribution in [-0.2, 0) is 14.4 Å². The third-order valence-electron chi connectivity index (χ3n) is 10.9. The van der Waals surface area contributed by atoms with Crippen LogP contribution in [0.1, 0.15) is 79.6 Å². The van der Waals surface area contributed by atoms with Crippen LogP contribution in [0.25, 0.3) is 0 Å². The van der Waals surface area contributed by atoms with Crippen molar-refractivity contribution in [2.24, 2.45) is 46.3 Å². The fourth-order valence-electron chi connectivity index (χ4n) is 8.40. The Labute approximate surface area is 208 Å². The minimum absolute atomic E-state index is 0.0249. The van der Waals surface area contributed by atoms with Crippen LogP contribution >= 0.6 is 0 Å².